The first-order chi connectivity index (χ1) is 4.83. The standard InChI is InChI=1S/2C3H9NO.Ni/c2*1-4-2-3-5;/h2*4-5H,2-3H2,1H3;. The molecule has 0 bridgehead atoms. The SMILES string of the molecule is CNCCO.CNCCO.[Ni]. The van der Waals surface area contributed by atoms with E-state index in [1.807, 2.05) is 0 Å². The zero-order valence-corrected chi connectivity index (χ0v) is 8.03. The Bertz CT molecular complexity index is 39.6. The predicted octanol–water partition coefficient (Wildman–Crippen LogP) is -1.61. The first kappa shape index (κ1) is 17.4. The monoisotopic (exact) mass is 208 g/mol. The Hall–Kier alpha value is 0.334. The number of nitrogens with one attached hydrogen (secondary N) is 2. The van der Waals surface area contributed by atoms with Gasteiger partial charge in [0.05, 0.1) is 13.2 Å². The third-order valence-corrected chi connectivity index (χ3v) is 0.724. The van der Waals surface area contributed by atoms with Gasteiger partial charge in [0.15, 0.2) is 0 Å². The Balaban J connectivity index is -0.000000107. The fraction of sp³-hybridized carbons (Fsp3) is 1.00. The predicted molar refractivity (Wildman–Crippen MR) is 42.0 cm³/mol. The van der Waals surface area contributed by atoms with Crippen LogP contribution in [0.15, 0.2) is 0 Å². The number of aliphatic hydroxyl groups is 2. The van der Waals surface area contributed by atoms with Gasteiger partial charge in [-0.05, 0) is 14.1 Å². The van der Waals surface area contributed by atoms with Crippen molar-refractivity contribution in [3.05, 3.63) is 0 Å². The van der Waals surface area contributed by atoms with Crippen molar-refractivity contribution in [2.45, 2.75) is 0 Å². The largest absolute Gasteiger partial charge is 0.395 e. The molecule has 0 fully saturated rings. The van der Waals surface area contributed by atoms with E-state index in [1.165, 1.54) is 0 Å². The van der Waals surface area contributed by atoms with Crippen molar-refractivity contribution in [1.29, 1.82) is 0 Å². The molecule has 0 spiro atoms. The molecule has 0 radical (unpaired) electrons. The van der Waals surface area contributed by atoms with E-state index in [-0.39, 0.29) is 29.7 Å². The fourth-order valence-electron chi connectivity index (χ4n) is 0.224. The molecule has 0 aromatic heterocycles. The summed E-state index contributed by atoms with van der Waals surface area (Å²) in [6, 6.07) is 0. The van der Waals surface area contributed by atoms with Crippen LogP contribution in [0, 0.1) is 0 Å². The van der Waals surface area contributed by atoms with Crippen LogP contribution in [0.3, 0.4) is 0 Å². The van der Waals surface area contributed by atoms with Gasteiger partial charge in [-0.2, -0.15) is 0 Å². The van der Waals surface area contributed by atoms with Gasteiger partial charge in [-0.15, -0.1) is 0 Å². The van der Waals surface area contributed by atoms with E-state index in [2.05, 4.69) is 10.6 Å². The molecule has 0 atom stereocenters. The van der Waals surface area contributed by atoms with Crippen LogP contribution in [-0.2, 0) is 16.5 Å². The van der Waals surface area contributed by atoms with Crippen molar-refractivity contribution in [3.8, 4) is 0 Å². The summed E-state index contributed by atoms with van der Waals surface area (Å²) in [5, 5.41) is 21.5. The van der Waals surface area contributed by atoms with Gasteiger partial charge < -0.3 is 20.8 Å². The Labute approximate surface area is 78.3 Å². The van der Waals surface area contributed by atoms with Gasteiger partial charge in [-0.25, -0.2) is 0 Å². The average molecular weight is 209 g/mol. The van der Waals surface area contributed by atoms with E-state index in [0.717, 1.165) is 0 Å². The number of aliphatic hydroxyl groups excluding tert-OH is 2. The molecule has 11 heavy (non-hydrogen) atoms. The second-order valence-corrected chi connectivity index (χ2v) is 1.65. The molecule has 0 aliphatic carbocycles. The Morgan fingerprint density at radius 3 is 1.18 bits per heavy atom. The van der Waals surface area contributed by atoms with Crippen molar-refractivity contribution in [2.75, 3.05) is 40.4 Å². The summed E-state index contributed by atoms with van der Waals surface area (Å²) in [5.41, 5.74) is 0. The van der Waals surface area contributed by atoms with Crippen molar-refractivity contribution in [2.24, 2.45) is 0 Å². The third kappa shape index (κ3) is 38.2. The maximum absolute atomic E-state index is 8.00. The number of hydrogen-bond acceptors (Lipinski definition) is 4. The van der Waals surface area contributed by atoms with E-state index in [9.17, 15) is 0 Å². The molecule has 0 aromatic carbocycles. The summed E-state index contributed by atoms with van der Waals surface area (Å²) in [7, 11) is 3.60. The number of hydrogen-bond donors (Lipinski definition) is 4. The maximum atomic E-state index is 8.00. The van der Waals surface area contributed by atoms with Gasteiger partial charge in [0.2, 0.25) is 0 Å². The third-order valence-electron chi connectivity index (χ3n) is 0.724. The van der Waals surface area contributed by atoms with Crippen molar-refractivity contribution >= 4 is 0 Å². The van der Waals surface area contributed by atoms with Crippen LogP contribution in [-0.4, -0.2) is 50.6 Å². The molecule has 0 saturated heterocycles. The van der Waals surface area contributed by atoms with Crippen molar-refractivity contribution in [3.63, 3.8) is 0 Å². The normalized spacial score (nSPS) is 7.64. The maximum Gasteiger partial charge on any atom is 0.0555 e. The van der Waals surface area contributed by atoms with E-state index in [0.29, 0.717) is 13.1 Å². The van der Waals surface area contributed by atoms with E-state index >= 15 is 0 Å². The van der Waals surface area contributed by atoms with Gasteiger partial charge in [0.1, 0.15) is 0 Å². The first-order valence-corrected chi connectivity index (χ1v) is 3.34. The van der Waals surface area contributed by atoms with E-state index in [4.69, 9.17) is 10.2 Å². The summed E-state index contributed by atoms with van der Waals surface area (Å²) in [5.74, 6) is 0. The molecule has 5 heteroatoms. The smallest absolute Gasteiger partial charge is 0.0555 e. The van der Waals surface area contributed by atoms with E-state index < -0.39 is 0 Å². The zero-order valence-electron chi connectivity index (χ0n) is 7.04. The summed E-state index contributed by atoms with van der Waals surface area (Å²) in [6.45, 7) is 1.85. The zero-order chi connectivity index (χ0) is 8.24. The topological polar surface area (TPSA) is 64.5 Å². The summed E-state index contributed by atoms with van der Waals surface area (Å²) < 4.78 is 0. The number of likely N-dealkylation sites (N-methyl/N-ethyl adjacent to an activating group) is 2. The van der Waals surface area contributed by atoms with Crippen LogP contribution in [0.4, 0.5) is 0 Å². The summed E-state index contributed by atoms with van der Waals surface area (Å²) in [4.78, 5) is 0. The van der Waals surface area contributed by atoms with E-state index in [1.54, 1.807) is 14.1 Å². The Morgan fingerprint density at radius 1 is 0.909 bits per heavy atom. The quantitative estimate of drug-likeness (QED) is 0.421. The van der Waals surface area contributed by atoms with Gasteiger partial charge in [-0.3, -0.25) is 0 Å². The van der Waals surface area contributed by atoms with Crippen molar-refractivity contribution < 1.29 is 26.7 Å². The van der Waals surface area contributed by atoms with Crippen LogP contribution in [0.1, 0.15) is 0 Å². The molecule has 0 aliphatic rings. The second-order valence-electron chi connectivity index (χ2n) is 1.65. The molecular weight excluding hydrogens is 191 g/mol. The molecule has 4 N–H and O–H groups in total. The molecule has 0 aromatic rings. The Morgan fingerprint density at radius 2 is 1.18 bits per heavy atom. The van der Waals surface area contributed by atoms with Crippen LogP contribution in [0.2, 0.25) is 0 Å². The molecular formula is C6H18N2NiO2. The average Bonchev–Trinajstić information content (AvgIpc) is 1.93. The Kier molecular flexibility index (Phi) is 35.6. The van der Waals surface area contributed by atoms with Crippen LogP contribution < -0.4 is 10.6 Å². The minimum Gasteiger partial charge on any atom is -0.395 e. The van der Waals surface area contributed by atoms with Crippen LogP contribution >= 0.6 is 0 Å². The summed E-state index contributed by atoms with van der Waals surface area (Å²) in [6.07, 6.45) is 0. The molecule has 0 amide bonds. The van der Waals surface area contributed by atoms with Gasteiger partial charge in [0.25, 0.3) is 0 Å². The van der Waals surface area contributed by atoms with Crippen LogP contribution in [0.25, 0.3) is 0 Å². The van der Waals surface area contributed by atoms with Crippen molar-refractivity contribution in [1.82, 2.24) is 10.6 Å². The first-order valence-electron chi connectivity index (χ1n) is 3.34. The second kappa shape index (κ2) is 22.4. The van der Waals surface area contributed by atoms with Crippen LogP contribution in [0.5, 0.6) is 0 Å². The van der Waals surface area contributed by atoms with Gasteiger partial charge >= 0.3 is 0 Å². The molecule has 0 unspecified atom stereocenters. The molecule has 0 heterocycles. The summed E-state index contributed by atoms with van der Waals surface area (Å²) >= 11 is 0. The molecule has 0 rings (SSSR count). The van der Waals surface area contributed by atoms with Gasteiger partial charge in [-0.1, -0.05) is 0 Å². The number of rotatable bonds is 4. The molecule has 4 nitrogen and oxygen atoms in total. The minimum atomic E-state index is 0. The minimum absolute atomic E-state index is 0. The van der Waals surface area contributed by atoms with Gasteiger partial charge in [0, 0.05) is 29.6 Å². The fourth-order valence-corrected chi connectivity index (χ4v) is 0.224. The molecule has 74 valence electrons. The molecule has 0 aliphatic heterocycles. The molecule has 0 saturated carbocycles.